The highest BCUT2D eigenvalue weighted by Gasteiger charge is 2.30. The summed E-state index contributed by atoms with van der Waals surface area (Å²) in [6, 6.07) is 5.10. The minimum atomic E-state index is -4.73. The number of hydrogen-bond donors (Lipinski definition) is 0. The number of allylic oxidation sites excluding steroid dienone is 1. The first-order chi connectivity index (χ1) is 8.81. The van der Waals surface area contributed by atoms with Crippen molar-refractivity contribution in [2.45, 2.75) is 24.6 Å². The molecule has 0 atom stereocenters. The fourth-order valence-electron chi connectivity index (χ4n) is 1.11. The Morgan fingerprint density at radius 3 is 2.42 bits per heavy atom. The van der Waals surface area contributed by atoms with Crippen LogP contribution in [0.15, 0.2) is 40.3 Å². The van der Waals surface area contributed by atoms with Gasteiger partial charge < -0.3 is 4.74 Å². The summed E-state index contributed by atoms with van der Waals surface area (Å²) in [7, 11) is 0. The van der Waals surface area contributed by atoms with E-state index in [4.69, 9.17) is 0 Å². The van der Waals surface area contributed by atoms with Crippen LogP contribution in [0.1, 0.15) is 13.3 Å². The molecular formula is C11H10F3NO3S. The highest BCUT2D eigenvalue weighted by Crippen LogP contribution is 2.27. The molecule has 0 saturated carbocycles. The summed E-state index contributed by atoms with van der Waals surface area (Å²) < 4.78 is 39.5. The van der Waals surface area contributed by atoms with Crippen LogP contribution in [0.25, 0.3) is 0 Å². The zero-order valence-corrected chi connectivity index (χ0v) is 10.6. The van der Waals surface area contributed by atoms with Crippen molar-refractivity contribution in [3.63, 3.8) is 0 Å². The Morgan fingerprint density at radius 1 is 1.42 bits per heavy atom. The third kappa shape index (κ3) is 5.64. The van der Waals surface area contributed by atoms with Crippen molar-refractivity contribution in [3.8, 4) is 5.75 Å². The highest BCUT2D eigenvalue weighted by molar-refractivity contribution is 8.02. The molecule has 1 aromatic rings. The van der Waals surface area contributed by atoms with Gasteiger partial charge in [-0.3, -0.25) is 10.1 Å². The van der Waals surface area contributed by atoms with E-state index in [0.717, 1.165) is 23.9 Å². The molecule has 19 heavy (non-hydrogen) atoms. The number of alkyl halides is 3. The van der Waals surface area contributed by atoms with Crippen molar-refractivity contribution >= 4 is 11.8 Å². The van der Waals surface area contributed by atoms with E-state index in [1.807, 2.05) is 0 Å². The molecule has 1 aromatic carbocycles. The summed E-state index contributed by atoms with van der Waals surface area (Å²) >= 11 is 1.07. The van der Waals surface area contributed by atoms with E-state index >= 15 is 0 Å². The predicted octanol–water partition coefficient (Wildman–Crippen LogP) is 4.21. The van der Waals surface area contributed by atoms with Gasteiger partial charge in [-0.2, -0.15) is 0 Å². The molecule has 0 bridgehead atoms. The molecule has 0 fully saturated rings. The topological polar surface area (TPSA) is 52.4 Å². The number of nitrogens with zero attached hydrogens (tertiary/aromatic N) is 1. The van der Waals surface area contributed by atoms with E-state index in [1.54, 1.807) is 6.92 Å². The number of ether oxygens (including phenoxy) is 1. The minimum Gasteiger partial charge on any atom is -0.406 e. The van der Waals surface area contributed by atoms with Crippen LogP contribution in [0.5, 0.6) is 5.75 Å². The molecule has 0 heterocycles. The smallest absolute Gasteiger partial charge is 0.406 e. The van der Waals surface area contributed by atoms with E-state index in [0.29, 0.717) is 4.90 Å². The lowest BCUT2D eigenvalue weighted by Gasteiger charge is -2.08. The summed E-state index contributed by atoms with van der Waals surface area (Å²) in [6.45, 7) is 1.65. The molecular weight excluding hydrogens is 283 g/mol. The van der Waals surface area contributed by atoms with Crippen molar-refractivity contribution < 1.29 is 22.8 Å². The van der Waals surface area contributed by atoms with Gasteiger partial charge in [-0.05, 0) is 24.3 Å². The average Bonchev–Trinajstić information content (AvgIpc) is 2.29. The number of halogens is 3. The van der Waals surface area contributed by atoms with Crippen LogP contribution in [0, 0.1) is 10.1 Å². The number of rotatable bonds is 5. The van der Waals surface area contributed by atoms with Gasteiger partial charge in [0.2, 0.25) is 0 Å². The van der Waals surface area contributed by atoms with E-state index in [-0.39, 0.29) is 17.9 Å². The zero-order valence-electron chi connectivity index (χ0n) is 9.81. The van der Waals surface area contributed by atoms with Gasteiger partial charge in [0.1, 0.15) is 5.75 Å². The molecule has 4 nitrogen and oxygen atoms in total. The van der Waals surface area contributed by atoms with Crippen molar-refractivity contribution in [3.05, 3.63) is 45.5 Å². The molecule has 0 unspecified atom stereocenters. The van der Waals surface area contributed by atoms with Crippen LogP contribution in [0.4, 0.5) is 13.2 Å². The maximum atomic E-state index is 11.9. The summed E-state index contributed by atoms with van der Waals surface area (Å²) in [5.41, 5.74) is 0.0422. The molecule has 8 heteroatoms. The van der Waals surface area contributed by atoms with Gasteiger partial charge >= 0.3 is 6.36 Å². The monoisotopic (exact) mass is 293 g/mol. The maximum Gasteiger partial charge on any atom is 0.573 e. The van der Waals surface area contributed by atoms with E-state index < -0.39 is 11.3 Å². The second-order valence-corrected chi connectivity index (χ2v) is 4.30. The van der Waals surface area contributed by atoms with Gasteiger partial charge in [0, 0.05) is 16.7 Å². The van der Waals surface area contributed by atoms with E-state index in [9.17, 15) is 23.3 Å². The van der Waals surface area contributed by atoms with Crippen LogP contribution in [-0.4, -0.2) is 11.3 Å². The standard InChI is InChI=1S/C11H10F3NO3S/c1-2-8(15(16)17)7-19-10-5-3-9(4-6-10)18-11(12,13)14/h3-7H,2H2,1H3. The fraction of sp³-hybridized carbons (Fsp3) is 0.273. The Labute approximate surface area is 111 Å². The third-order valence-electron chi connectivity index (χ3n) is 1.99. The molecule has 0 aliphatic carbocycles. The summed E-state index contributed by atoms with van der Waals surface area (Å²) in [4.78, 5) is 10.6. The van der Waals surface area contributed by atoms with Crippen LogP contribution in [0.3, 0.4) is 0 Å². The molecule has 0 aromatic heterocycles. The summed E-state index contributed by atoms with van der Waals surface area (Å²) in [5.74, 6) is -0.328. The molecule has 0 amide bonds. The second-order valence-electron chi connectivity index (χ2n) is 3.36. The number of nitro groups is 1. The first kappa shape index (κ1) is 15.4. The van der Waals surface area contributed by atoms with Crippen molar-refractivity contribution in [1.82, 2.24) is 0 Å². The third-order valence-corrected chi connectivity index (χ3v) is 2.92. The quantitative estimate of drug-likeness (QED) is 0.463. The highest BCUT2D eigenvalue weighted by atomic mass is 32.2. The number of thioether (sulfide) groups is 1. The molecule has 0 aliphatic rings. The van der Waals surface area contributed by atoms with Gasteiger partial charge in [-0.1, -0.05) is 18.7 Å². The Kier molecular flexibility index (Phi) is 5.22. The average molecular weight is 293 g/mol. The first-order valence-corrected chi connectivity index (χ1v) is 6.05. The van der Waals surface area contributed by atoms with Crippen molar-refractivity contribution in [2.75, 3.05) is 0 Å². The molecule has 0 aliphatic heterocycles. The van der Waals surface area contributed by atoms with Gasteiger partial charge in [0.25, 0.3) is 5.70 Å². The summed E-state index contributed by atoms with van der Waals surface area (Å²) in [5, 5.41) is 11.9. The normalized spacial score (nSPS) is 12.3. The molecule has 0 saturated heterocycles. The molecule has 104 valence electrons. The van der Waals surface area contributed by atoms with Crippen LogP contribution in [0.2, 0.25) is 0 Å². The Morgan fingerprint density at radius 2 is 2.00 bits per heavy atom. The van der Waals surface area contributed by atoms with Gasteiger partial charge in [-0.25, -0.2) is 0 Å². The fourth-order valence-corrected chi connectivity index (χ4v) is 1.93. The van der Waals surface area contributed by atoms with Gasteiger partial charge in [0.05, 0.1) is 4.92 Å². The molecule has 0 radical (unpaired) electrons. The maximum absolute atomic E-state index is 11.9. The van der Waals surface area contributed by atoms with Crippen LogP contribution in [-0.2, 0) is 0 Å². The van der Waals surface area contributed by atoms with E-state index in [2.05, 4.69) is 4.74 Å². The lowest BCUT2D eigenvalue weighted by Crippen LogP contribution is -2.16. The predicted molar refractivity (Wildman–Crippen MR) is 64.4 cm³/mol. The number of hydrogen-bond acceptors (Lipinski definition) is 4. The minimum absolute atomic E-state index is 0.0422. The second kappa shape index (κ2) is 6.46. The lowest BCUT2D eigenvalue weighted by atomic mass is 10.3. The van der Waals surface area contributed by atoms with Crippen molar-refractivity contribution in [2.24, 2.45) is 0 Å². The molecule has 0 spiro atoms. The molecule has 0 N–H and O–H groups in total. The lowest BCUT2D eigenvalue weighted by molar-refractivity contribution is -0.427. The van der Waals surface area contributed by atoms with Crippen molar-refractivity contribution in [1.29, 1.82) is 0 Å². The first-order valence-electron chi connectivity index (χ1n) is 5.17. The Balaban J connectivity index is 2.70. The zero-order chi connectivity index (χ0) is 14.5. The molecule has 1 rings (SSSR count). The Bertz CT molecular complexity index is 471. The largest absolute Gasteiger partial charge is 0.573 e. The summed E-state index contributed by atoms with van der Waals surface area (Å²) in [6.07, 6.45) is -4.45. The SMILES string of the molecule is CCC(=CSc1ccc(OC(F)(F)F)cc1)[N+](=O)[O-]. The van der Waals surface area contributed by atoms with Crippen LogP contribution < -0.4 is 4.74 Å². The van der Waals surface area contributed by atoms with Gasteiger partial charge in [-0.15, -0.1) is 13.2 Å². The van der Waals surface area contributed by atoms with Crippen LogP contribution >= 0.6 is 11.8 Å². The van der Waals surface area contributed by atoms with E-state index in [1.165, 1.54) is 17.5 Å². The Hall–Kier alpha value is -1.70. The number of benzene rings is 1. The van der Waals surface area contributed by atoms with Gasteiger partial charge in [0.15, 0.2) is 0 Å².